The lowest BCUT2D eigenvalue weighted by Gasteiger charge is -2.33. The number of rotatable bonds is 5. The van der Waals surface area contributed by atoms with Crippen molar-refractivity contribution >= 4 is 33.0 Å². The quantitative estimate of drug-likeness (QED) is 0.762. The highest BCUT2D eigenvalue weighted by atomic mass is 32.2. The monoisotopic (exact) mass is 416 g/mol. The fraction of sp³-hybridized carbons (Fsp3) is 0.353. The zero-order valence-corrected chi connectivity index (χ0v) is 16.2. The van der Waals surface area contributed by atoms with Crippen LogP contribution < -0.4 is 10.2 Å². The number of halogens is 2. The molecule has 2 heterocycles. The highest BCUT2D eigenvalue weighted by Gasteiger charge is 2.35. The molecule has 1 fully saturated rings. The molecule has 2 aromatic rings. The first-order chi connectivity index (χ1) is 12.8. The number of carbonyl (C=O) groups excluding carboxylic acids is 1. The van der Waals surface area contributed by atoms with Crippen molar-refractivity contribution in [1.29, 1.82) is 0 Å². The van der Waals surface area contributed by atoms with E-state index in [1.54, 1.807) is 24.4 Å². The van der Waals surface area contributed by atoms with Gasteiger partial charge in [0.05, 0.1) is 31.9 Å². The van der Waals surface area contributed by atoms with Gasteiger partial charge in [0.15, 0.2) is 6.04 Å². The van der Waals surface area contributed by atoms with Crippen molar-refractivity contribution in [2.45, 2.75) is 17.2 Å². The Kier molecular flexibility index (Phi) is 5.89. The summed E-state index contributed by atoms with van der Waals surface area (Å²) in [4.78, 5) is 13.3. The van der Waals surface area contributed by atoms with Crippen LogP contribution in [0, 0.1) is 11.6 Å². The molecule has 0 spiro atoms. The van der Waals surface area contributed by atoms with Crippen LogP contribution in [-0.2, 0) is 14.8 Å². The van der Waals surface area contributed by atoms with Gasteiger partial charge in [0.1, 0.15) is 15.8 Å². The molecule has 0 aliphatic carbocycles. The highest BCUT2D eigenvalue weighted by Crippen LogP contribution is 2.20. The molecule has 2 N–H and O–H groups in total. The first-order valence-electron chi connectivity index (χ1n) is 8.43. The molecular weight excluding hydrogens is 396 g/mol. The third-order valence-corrected chi connectivity index (χ3v) is 7.92. The number of carbonyl (C=O) groups is 1. The molecule has 1 saturated heterocycles. The average Bonchev–Trinajstić information content (AvgIpc) is 3.20. The van der Waals surface area contributed by atoms with Gasteiger partial charge in [-0.1, -0.05) is 6.07 Å². The topological polar surface area (TPSA) is 70.9 Å². The molecule has 10 heteroatoms. The molecule has 1 aliphatic heterocycles. The second-order valence-electron chi connectivity index (χ2n) is 6.33. The molecule has 3 rings (SSSR count). The van der Waals surface area contributed by atoms with Crippen molar-refractivity contribution in [3.8, 4) is 0 Å². The number of thiophene rings is 1. The predicted octanol–water partition coefficient (Wildman–Crippen LogP) is 0.943. The zero-order chi connectivity index (χ0) is 19.6. The summed E-state index contributed by atoms with van der Waals surface area (Å²) in [5.74, 6) is -1.79. The molecule has 146 valence electrons. The lowest BCUT2D eigenvalue weighted by Crippen LogP contribution is -3.19. The largest absolute Gasteiger partial charge is 0.323 e. The van der Waals surface area contributed by atoms with Gasteiger partial charge < -0.3 is 10.2 Å². The molecule has 0 bridgehead atoms. The Hall–Kier alpha value is -1.88. The van der Waals surface area contributed by atoms with E-state index in [1.807, 2.05) is 0 Å². The maximum atomic E-state index is 13.7. The van der Waals surface area contributed by atoms with Crippen molar-refractivity contribution < 1.29 is 26.9 Å². The summed E-state index contributed by atoms with van der Waals surface area (Å²) in [6, 6.07) is 5.60. The first kappa shape index (κ1) is 19.9. The number of sulfonamides is 1. The van der Waals surface area contributed by atoms with E-state index in [0.29, 0.717) is 30.4 Å². The second-order valence-corrected chi connectivity index (χ2v) is 9.44. The molecule has 1 aliphatic rings. The Balaban J connectivity index is 1.60. The number of nitrogens with one attached hydrogen (secondary N) is 2. The summed E-state index contributed by atoms with van der Waals surface area (Å²) in [7, 11) is -3.50. The molecule has 27 heavy (non-hydrogen) atoms. The Morgan fingerprint density at radius 1 is 1.26 bits per heavy atom. The number of piperazine rings is 1. The van der Waals surface area contributed by atoms with Gasteiger partial charge in [0.25, 0.3) is 15.9 Å². The molecule has 0 unspecified atom stereocenters. The van der Waals surface area contributed by atoms with Crippen LogP contribution in [0.1, 0.15) is 6.92 Å². The number of anilines is 1. The van der Waals surface area contributed by atoms with Gasteiger partial charge in [-0.05, 0) is 30.5 Å². The smallest absolute Gasteiger partial charge is 0.282 e. The van der Waals surface area contributed by atoms with E-state index in [4.69, 9.17) is 0 Å². The summed E-state index contributed by atoms with van der Waals surface area (Å²) in [6.45, 7) is 3.17. The summed E-state index contributed by atoms with van der Waals surface area (Å²) < 4.78 is 53.7. The van der Waals surface area contributed by atoms with Gasteiger partial charge in [-0.3, -0.25) is 4.79 Å². The van der Waals surface area contributed by atoms with Gasteiger partial charge >= 0.3 is 0 Å². The van der Waals surface area contributed by atoms with E-state index in [0.717, 1.165) is 23.1 Å². The third-order valence-electron chi connectivity index (χ3n) is 4.65. The number of quaternary nitrogens is 1. The minimum atomic E-state index is -3.50. The van der Waals surface area contributed by atoms with Crippen molar-refractivity contribution in [2.75, 3.05) is 31.5 Å². The maximum absolute atomic E-state index is 13.7. The minimum Gasteiger partial charge on any atom is -0.323 e. The number of nitrogens with zero attached hydrogens (tertiary/aromatic N) is 1. The van der Waals surface area contributed by atoms with Crippen molar-refractivity contribution in [1.82, 2.24) is 4.31 Å². The minimum absolute atomic E-state index is 0.204. The first-order valence-corrected chi connectivity index (χ1v) is 10.7. The van der Waals surface area contributed by atoms with E-state index >= 15 is 0 Å². The van der Waals surface area contributed by atoms with E-state index < -0.39 is 33.6 Å². The van der Waals surface area contributed by atoms with Crippen molar-refractivity contribution in [3.05, 3.63) is 47.3 Å². The Morgan fingerprint density at radius 3 is 2.59 bits per heavy atom. The molecule has 0 saturated carbocycles. The standard InChI is InChI=1S/C17H19F2N3O3S2/c1-12(17(23)20-15-11-13(18)4-5-14(15)19)21-6-8-22(9-7-21)27(24,25)16-3-2-10-26-16/h2-5,10-12H,6-9H2,1H3,(H,20,23)/p+1/t12-/m1/s1. The van der Waals surface area contributed by atoms with E-state index in [2.05, 4.69) is 5.32 Å². The van der Waals surface area contributed by atoms with E-state index in [1.165, 1.54) is 15.6 Å². The summed E-state index contributed by atoms with van der Waals surface area (Å²) >= 11 is 1.17. The Bertz CT molecular complexity index is 912. The van der Waals surface area contributed by atoms with Crippen LogP contribution in [-0.4, -0.2) is 50.9 Å². The molecule has 1 atom stereocenters. The fourth-order valence-electron chi connectivity index (χ4n) is 3.00. The molecule has 1 aromatic heterocycles. The van der Waals surface area contributed by atoms with Crippen LogP contribution in [0.2, 0.25) is 0 Å². The van der Waals surface area contributed by atoms with Crippen LogP contribution in [0.3, 0.4) is 0 Å². The SMILES string of the molecule is C[C@H](C(=O)Nc1cc(F)ccc1F)[NH+]1CCN(S(=O)(=O)c2cccs2)CC1. The zero-order valence-electron chi connectivity index (χ0n) is 14.6. The van der Waals surface area contributed by atoms with Crippen molar-refractivity contribution in [3.63, 3.8) is 0 Å². The average molecular weight is 416 g/mol. The van der Waals surface area contributed by atoms with Gasteiger partial charge in [-0.15, -0.1) is 11.3 Å². The van der Waals surface area contributed by atoms with E-state index in [-0.39, 0.29) is 5.69 Å². The van der Waals surface area contributed by atoms with Gasteiger partial charge in [0, 0.05) is 6.07 Å². The summed E-state index contributed by atoms with van der Waals surface area (Å²) in [6.07, 6.45) is 0. The second kappa shape index (κ2) is 8.01. The molecule has 1 amide bonds. The molecule has 6 nitrogen and oxygen atoms in total. The van der Waals surface area contributed by atoms with Crippen LogP contribution >= 0.6 is 11.3 Å². The molecule has 1 aromatic carbocycles. The Labute approximate surface area is 160 Å². The number of amides is 1. The lowest BCUT2D eigenvalue weighted by atomic mass is 10.2. The fourth-order valence-corrected chi connectivity index (χ4v) is 5.59. The van der Waals surface area contributed by atoms with Gasteiger partial charge in [0.2, 0.25) is 0 Å². The van der Waals surface area contributed by atoms with Crippen molar-refractivity contribution in [2.24, 2.45) is 0 Å². The number of hydrogen-bond acceptors (Lipinski definition) is 4. The summed E-state index contributed by atoms with van der Waals surface area (Å²) in [5, 5.41) is 4.12. The normalized spacial score (nSPS) is 17.6. The van der Waals surface area contributed by atoms with Crippen LogP contribution in [0.25, 0.3) is 0 Å². The summed E-state index contributed by atoms with van der Waals surface area (Å²) in [5.41, 5.74) is -0.204. The van der Waals surface area contributed by atoms with Gasteiger partial charge in [-0.2, -0.15) is 4.31 Å². The number of hydrogen-bond donors (Lipinski definition) is 2. The highest BCUT2D eigenvalue weighted by molar-refractivity contribution is 7.91. The Morgan fingerprint density at radius 2 is 1.96 bits per heavy atom. The lowest BCUT2D eigenvalue weighted by molar-refractivity contribution is -0.917. The van der Waals surface area contributed by atoms with Crippen LogP contribution in [0.5, 0.6) is 0 Å². The third kappa shape index (κ3) is 4.34. The molecular formula is C17H20F2N3O3S2+. The van der Waals surface area contributed by atoms with Gasteiger partial charge in [-0.25, -0.2) is 17.2 Å². The van der Waals surface area contributed by atoms with E-state index in [9.17, 15) is 22.0 Å². The van der Waals surface area contributed by atoms with Crippen LogP contribution in [0.15, 0.2) is 39.9 Å². The number of benzene rings is 1. The van der Waals surface area contributed by atoms with Crippen LogP contribution in [0.4, 0.5) is 14.5 Å². The predicted molar refractivity (Wildman–Crippen MR) is 98.2 cm³/mol. The molecule has 0 radical (unpaired) electrons. The maximum Gasteiger partial charge on any atom is 0.282 e.